The van der Waals surface area contributed by atoms with Gasteiger partial charge in [-0.2, -0.15) is 0 Å². The van der Waals surface area contributed by atoms with E-state index in [1.54, 1.807) is 14.2 Å². The molecule has 0 saturated carbocycles. The summed E-state index contributed by atoms with van der Waals surface area (Å²) in [5.74, 6) is 1.84. The van der Waals surface area contributed by atoms with Gasteiger partial charge in [0.25, 0.3) is 0 Å². The van der Waals surface area contributed by atoms with Crippen molar-refractivity contribution in [2.75, 3.05) is 20.8 Å². The van der Waals surface area contributed by atoms with E-state index in [0.29, 0.717) is 0 Å². The number of hydrogen-bond donors (Lipinski definition) is 1. The number of hydrogen-bond acceptors (Lipinski definition) is 3. The second-order valence-corrected chi connectivity index (χ2v) is 4.53. The van der Waals surface area contributed by atoms with Crippen LogP contribution in [0, 0.1) is 0 Å². The van der Waals surface area contributed by atoms with Crippen LogP contribution in [0.15, 0.2) is 18.2 Å². The number of ether oxygens (including phenoxy) is 2. The van der Waals surface area contributed by atoms with Gasteiger partial charge in [-0.05, 0) is 44.0 Å². The molecular formula is C14H21NO2. The minimum Gasteiger partial charge on any atom is -0.497 e. The molecule has 0 aliphatic carbocycles. The van der Waals surface area contributed by atoms with Crippen molar-refractivity contribution < 1.29 is 9.47 Å². The smallest absolute Gasteiger partial charge is 0.124 e. The van der Waals surface area contributed by atoms with Gasteiger partial charge in [-0.1, -0.05) is 6.92 Å². The summed E-state index contributed by atoms with van der Waals surface area (Å²) >= 11 is 0. The molecule has 0 radical (unpaired) electrons. The zero-order valence-corrected chi connectivity index (χ0v) is 10.9. The molecule has 1 aromatic carbocycles. The van der Waals surface area contributed by atoms with E-state index >= 15 is 0 Å². The quantitative estimate of drug-likeness (QED) is 0.870. The van der Waals surface area contributed by atoms with E-state index in [4.69, 9.17) is 9.47 Å². The Morgan fingerprint density at radius 2 is 2.12 bits per heavy atom. The predicted molar refractivity (Wildman–Crippen MR) is 68.8 cm³/mol. The van der Waals surface area contributed by atoms with Crippen LogP contribution in [0.3, 0.4) is 0 Å². The molecule has 0 bridgehead atoms. The lowest BCUT2D eigenvalue weighted by Gasteiger charge is -2.30. The third kappa shape index (κ3) is 2.12. The average Bonchev–Trinajstić information content (AvgIpc) is 2.88. The molecule has 1 atom stereocenters. The standard InChI is InChI=1S/C14H21NO2/c1-4-14(8-5-9-15-14)12-10-11(16-2)6-7-13(12)17-3/h6-7,10,15H,4-5,8-9H2,1-3H3. The fourth-order valence-corrected chi connectivity index (χ4v) is 2.72. The Hall–Kier alpha value is -1.22. The summed E-state index contributed by atoms with van der Waals surface area (Å²) in [6, 6.07) is 6.03. The molecule has 1 saturated heterocycles. The summed E-state index contributed by atoms with van der Waals surface area (Å²) in [5.41, 5.74) is 1.28. The molecule has 1 aromatic rings. The van der Waals surface area contributed by atoms with Gasteiger partial charge in [0.15, 0.2) is 0 Å². The normalized spacial score (nSPS) is 23.7. The molecular weight excluding hydrogens is 214 g/mol. The van der Waals surface area contributed by atoms with Gasteiger partial charge >= 0.3 is 0 Å². The molecule has 1 N–H and O–H groups in total. The SMILES string of the molecule is CCC1(c2cc(OC)ccc2OC)CCCN1. The lowest BCUT2D eigenvalue weighted by molar-refractivity contribution is 0.337. The molecule has 1 aliphatic heterocycles. The highest BCUT2D eigenvalue weighted by Crippen LogP contribution is 2.40. The Morgan fingerprint density at radius 3 is 2.65 bits per heavy atom. The van der Waals surface area contributed by atoms with E-state index in [9.17, 15) is 0 Å². The highest BCUT2D eigenvalue weighted by Gasteiger charge is 2.36. The van der Waals surface area contributed by atoms with Gasteiger partial charge in [0.1, 0.15) is 11.5 Å². The number of benzene rings is 1. The molecule has 0 spiro atoms. The van der Waals surface area contributed by atoms with Gasteiger partial charge in [0.2, 0.25) is 0 Å². The second-order valence-electron chi connectivity index (χ2n) is 4.53. The fourth-order valence-electron chi connectivity index (χ4n) is 2.72. The van der Waals surface area contributed by atoms with E-state index in [1.165, 1.54) is 12.0 Å². The van der Waals surface area contributed by atoms with Gasteiger partial charge in [-0.25, -0.2) is 0 Å². The van der Waals surface area contributed by atoms with Crippen molar-refractivity contribution in [2.24, 2.45) is 0 Å². The second kappa shape index (κ2) is 4.96. The summed E-state index contributed by atoms with van der Waals surface area (Å²) in [5, 5.41) is 3.63. The zero-order chi connectivity index (χ0) is 12.3. The number of rotatable bonds is 4. The third-order valence-electron chi connectivity index (χ3n) is 3.77. The van der Waals surface area contributed by atoms with Crippen LogP contribution >= 0.6 is 0 Å². The Balaban J connectivity index is 2.46. The summed E-state index contributed by atoms with van der Waals surface area (Å²) in [6.45, 7) is 3.30. The summed E-state index contributed by atoms with van der Waals surface area (Å²) < 4.78 is 10.8. The Morgan fingerprint density at radius 1 is 1.29 bits per heavy atom. The van der Waals surface area contributed by atoms with Crippen molar-refractivity contribution >= 4 is 0 Å². The number of nitrogens with one attached hydrogen (secondary N) is 1. The highest BCUT2D eigenvalue weighted by atomic mass is 16.5. The van der Waals surface area contributed by atoms with Gasteiger partial charge in [0.05, 0.1) is 14.2 Å². The van der Waals surface area contributed by atoms with Crippen molar-refractivity contribution in [1.29, 1.82) is 0 Å². The van der Waals surface area contributed by atoms with Crippen molar-refractivity contribution in [3.05, 3.63) is 23.8 Å². The average molecular weight is 235 g/mol. The minimum absolute atomic E-state index is 0.0554. The minimum atomic E-state index is 0.0554. The van der Waals surface area contributed by atoms with E-state index in [2.05, 4.69) is 18.3 Å². The maximum atomic E-state index is 5.49. The molecule has 0 aromatic heterocycles. The molecule has 1 fully saturated rings. The van der Waals surface area contributed by atoms with Gasteiger partial charge in [-0.3, -0.25) is 0 Å². The molecule has 94 valence electrons. The third-order valence-corrected chi connectivity index (χ3v) is 3.77. The lowest BCUT2D eigenvalue weighted by atomic mass is 9.85. The molecule has 1 unspecified atom stereocenters. The van der Waals surface area contributed by atoms with Crippen molar-refractivity contribution in [3.63, 3.8) is 0 Å². The van der Waals surface area contributed by atoms with Crippen molar-refractivity contribution in [2.45, 2.75) is 31.7 Å². The highest BCUT2D eigenvalue weighted by molar-refractivity contribution is 5.45. The van der Waals surface area contributed by atoms with Crippen LogP contribution in [0.5, 0.6) is 11.5 Å². The molecule has 3 nitrogen and oxygen atoms in total. The van der Waals surface area contributed by atoms with E-state index in [-0.39, 0.29) is 5.54 Å². The maximum Gasteiger partial charge on any atom is 0.124 e. The zero-order valence-electron chi connectivity index (χ0n) is 10.9. The first-order valence-electron chi connectivity index (χ1n) is 6.23. The van der Waals surface area contributed by atoms with Gasteiger partial charge < -0.3 is 14.8 Å². The van der Waals surface area contributed by atoms with Crippen LogP contribution in [-0.2, 0) is 5.54 Å². The van der Waals surface area contributed by atoms with Crippen LogP contribution in [0.1, 0.15) is 31.7 Å². The maximum absolute atomic E-state index is 5.49. The molecule has 2 rings (SSSR count). The molecule has 1 aliphatic rings. The Bertz CT molecular complexity index is 384. The van der Waals surface area contributed by atoms with E-state index < -0.39 is 0 Å². The lowest BCUT2D eigenvalue weighted by Crippen LogP contribution is -2.36. The Kier molecular flexibility index (Phi) is 3.57. The van der Waals surface area contributed by atoms with Crippen molar-refractivity contribution in [1.82, 2.24) is 5.32 Å². The molecule has 0 amide bonds. The van der Waals surface area contributed by atoms with Crippen LogP contribution in [-0.4, -0.2) is 20.8 Å². The van der Waals surface area contributed by atoms with Crippen LogP contribution < -0.4 is 14.8 Å². The van der Waals surface area contributed by atoms with Crippen LogP contribution in [0.4, 0.5) is 0 Å². The first-order valence-corrected chi connectivity index (χ1v) is 6.23. The first kappa shape index (κ1) is 12.2. The van der Waals surface area contributed by atoms with E-state index in [1.807, 2.05) is 12.1 Å². The monoisotopic (exact) mass is 235 g/mol. The molecule has 17 heavy (non-hydrogen) atoms. The predicted octanol–water partition coefficient (Wildman–Crippen LogP) is 2.69. The van der Waals surface area contributed by atoms with Crippen molar-refractivity contribution in [3.8, 4) is 11.5 Å². The van der Waals surface area contributed by atoms with E-state index in [0.717, 1.165) is 30.9 Å². The fraction of sp³-hybridized carbons (Fsp3) is 0.571. The van der Waals surface area contributed by atoms with Crippen LogP contribution in [0.25, 0.3) is 0 Å². The largest absolute Gasteiger partial charge is 0.497 e. The summed E-state index contributed by atoms with van der Waals surface area (Å²) in [4.78, 5) is 0. The number of methoxy groups -OCH3 is 2. The van der Waals surface area contributed by atoms with Gasteiger partial charge in [-0.15, -0.1) is 0 Å². The molecule has 1 heterocycles. The summed E-state index contributed by atoms with van der Waals surface area (Å²) in [7, 11) is 3.43. The summed E-state index contributed by atoms with van der Waals surface area (Å²) in [6.07, 6.45) is 3.44. The van der Waals surface area contributed by atoms with Gasteiger partial charge in [0, 0.05) is 11.1 Å². The molecule has 3 heteroatoms. The first-order chi connectivity index (χ1) is 8.25. The Labute approximate surface area is 103 Å². The van der Waals surface area contributed by atoms with Crippen LogP contribution in [0.2, 0.25) is 0 Å². The topological polar surface area (TPSA) is 30.5 Å².